The molecule has 2 N–H and O–H groups in total. The van der Waals surface area contributed by atoms with Gasteiger partial charge in [0.05, 0.1) is 41.0 Å². The van der Waals surface area contributed by atoms with Gasteiger partial charge in [0.1, 0.15) is 55.9 Å². The van der Waals surface area contributed by atoms with Crippen molar-refractivity contribution < 1.29 is 56.8 Å². The maximum atomic E-state index is 13.3. The molecule has 0 bridgehead atoms. The Morgan fingerprint density at radius 3 is 1.29 bits per heavy atom. The second-order valence-electron chi connectivity index (χ2n) is 26.7. The van der Waals surface area contributed by atoms with Gasteiger partial charge in [-0.15, -0.1) is 0 Å². The van der Waals surface area contributed by atoms with Gasteiger partial charge >= 0.3 is 7.12 Å². The van der Waals surface area contributed by atoms with Gasteiger partial charge in [-0.25, -0.2) is 24.9 Å². The largest absolute Gasteiger partial charge is 0.506 e. The summed E-state index contributed by atoms with van der Waals surface area (Å²) in [6.07, 6.45) is 16.7. The number of aromatic hydroxyl groups is 1. The molecule has 1 aliphatic heterocycles. The Bertz CT molecular complexity index is 4870. The summed E-state index contributed by atoms with van der Waals surface area (Å²) in [4.78, 5) is 56.2. The number of aromatic nitrogens is 10. The molecular weight excluding hydrogens is 1560 g/mol. The Hall–Kier alpha value is -11.2. The molecule has 2 aromatic carbocycles. The molecule has 23 nitrogen and oxygen atoms in total. The molecule has 11 aromatic heterocycles. The average molecular weight is 1650 g/mol. The molecule has 14 rings (SSSR count). The number of aliphatic hydroxyl groups excluding tert-OH is 1. The van der Waals surface area contributed by atoms with Crippen LogP contribution in [-0.4, -0.2) is 111 Å². The zero-order chi connectivity index (χ0) is 79.5. The van der Waals surface area contributed by atoms with Crippen LogP contribution < -0.4 is 39.3 Å². The number of aryl methyl sites for hydroxylation is 6. The van der Waals surface area contributed by atoms with Crippen LogP contribution in [0.4, 0.5) is 4.39 Å². The van der Waals surface area contributed by atoms with E-state index in [1.54, 1.807) is 79.6 Å². The molecule has 12 heterocycles. The van der Waals surface area contributed by atoms with Crippen molar-refractivity contribution in [1.82, 2.24) is 54.7 Å². The summed E-state index contributed by atoms with van der Waals surface area (Å²) in [5.74, 6) is 3.42. The average Bonchev–Trinajstić information content (AvgIpc) is 1.06. The molecule has 1 aliphatic rings. The molecule has 27 heteroatoms. The molecule has 112 heavy (non-hydrogen) atoms. The lowest BCUT2D eigenvalue weighted by Gasteiger charge is -2.32. The Kier molecular flexibility index (Phi) is 32.6. The van der Waals surface area contributed by atoms with Crippen LogP contribution in [0.15, 0.2) is 232 Å². The quantitative estimate of drug-likeness (QED) is 0.0407. The number of rotatable bonds is 20. The number of benzene rings is 2. The van der Waals surface area contributed by atoms with Crippen LogP contribution in [0.2, 0.25) is 0 Å². The smallest absolute Gasteiger partial charge is 0.496 e. The lowest BCUT2D eigenvalue weighted by atomic mass is 9.80. The van der Waals surface area contributed by atoms with E-state index in [1.165, 1.54) is 24.5 Å². The molecule has 13 aromatic rings. The minimum absolute atomic E-state index is 0. The Balaban J connectivity index is 0.000000183. The number of nitrogens with zero attached hydrogens (tertiary/aromatic N) is 11. The number of halogens is 3. The van der Waals surface area contributed by atoms with Crippen LogP contribution in [0.3, 0.4) is 0 Å². The van der Waals surface area contributed by atoms with Crippen LogP contribution in [0.5, 0.6) is 46.5 Å². The predicted molar refractivity (Wildman–Crippen MR) is 438 cm³/mol. The number of aliphatic hydroxyl groups is 1. The summed E-state index contributed by atoms with van der Waals surface area (Å²) in [5.41, 5.74) is 11.6. The number of fused-ring (bicyclic) bond motifs is 2. The highest BCUT2D eigenvalue weighted by atomic mass is 79.9. The summed E-state index contributed by atoms with van der Waals surface area (Å²) in [7, 11) is 3.55. The van der Waals surface area contributed by atoms with Crippen molar-refractivity contribution in [3.63, 3.8) is 0 Å². The van der Waals surface area contributed by atoms with Crippen LogP contribution in [0, 0.1) is 47.5 Å². The van der Waals surface area contributed by atoms with Gasteiger partial charge in [0.15, 0.2) is 11.3 Å². The van der Waals surface area contributed by atoms with E-state index >= 15 is 0 Å². The summed E-state index contributed by atoms with van der Waals surface area (Å²) in [6, 6.07) is 45.4. The molecule has 1 saturated heterocycles. The van der Waals surface area contributed by atoms with Crippen molar-refractivity contribution in [1.29, 1.82) is 0 Å². The molecule has 1 fully saturated rings. The number of ether oxygens (including phenoxy) is 6. The summed E-state index contributed by atoms with van der Waals surface area (Å²) < 4.78 is 66.3. The zero-order valence-electron chi connectivity index (χ0n) is 63.8. The van der Waals surface area contributed by atoms with E-state index in [-0.39, 0.29) is 36.4 Å². The molecule has 0 spiro atoms. The molecule has 582 valence electrons. The zero-order valence-corrected chi connectivity index (χ0v) is 66.9. The number of pyridine rings is 10. The lowest BCUT2D eigenvalue weighted by Crippen LogP contribution is -2.41. The Morgan fingerprint density at radius 2 is 0.902 bits per heavy atom. The molecule has 0 atom stereocenters. The van der Waals surface area contributed by atoms with E-state index in [2.05, 4.69) is 81.7 Å². The van der Waals surface area contributed by atoms with Gasteiger partial charge in [0.2, 0.25) is 34.9 Å². The number of hydrogen-bond acceptors (Lipinski definition) is 23. The lowest BCUT2D eigenvalue weighted by molar-refractivity contribution is 0.00578. The van der Waals surface area contributed by atoms with Crippen molar-refractivity contribution in [3.8, 4) is 46.5 Å². The van der Waals surface area contributed by atoms with Gasteiger partial charge in [-0.2, -0.15) is 4.39 Å². The van der Waals surface area contributed by atoms with Gasteiger partial charge in [-0.1, -0.05) is 43.8 Å². The maximum Gasteiger partial charge on any atom is 0.496 e. The van der Waals surface area contributed by atoms with Gasteiger partial charge in [-0.3, -0.25) is 29.7 Å². The maximum absolute atomic E-state index is 13.3. The molecule has 0 amide bonds. The van der Waals surface area contributed by atoms with E-state index in [4.69, 9.17) is 52.4 Å². The molecular formula is C85H91BBr2FN11O12. The Labute approximate surface area is 669 Å². The number of likely N-dealkylation sites (N-methyl/N-ethyl adjacent to an activating group) is 1. The van der Waals surface area contributed by atoms with Gasteiger partial charge < -0.3 is 57.3 Å². The minimum atomic E-state index is -0.451. The third kappa shape index (κ3) is 27.7. The van der Waals surface area contributed by atoms with Crippen LogP contribution in [0.1, 0.15) is 97.0 Å². The van der Waals surface area contributed by atoms with Crippen LogP contribution >= 0.6 is 31.9 Å². The molecule has 0 aliphatic carbocycles. The van der Waals surface area contributed by atoms with Crippen molar-refractivity contribution in [2.24, 2.45) is 0 Å². The van der Waals surface area contributed by atoms with Crippen molar-refractivity contribution in [3.05, 3.63) is 301 Å². The number of hydrogen-bond donors (Lipinski definition) is 2. The first kappa shape index (κ1) is 86.4. The third-order valence-electron chi connectivity index (χ3n) is 16.6. The van der Waals surface area contributed by atoms with Gasteiger partial charge in [-0.05, 0) is 217 Å². The van der Waals surface area contributed by atoms with Gasteiger partial charge in [0.25, 0.3) is 0 Å². The predicted octanol–water partition coefficient (Wildman–Crippen LogP) is 17.0. The summed E-state index contributed by atoms with van der Waals surface area (Å²) >= 11 is 6.44. The monoisotopic (exact) mass is 1650 g/mol. The van der Waals surface area contributed by atoms with E-state index in [0.29, 0.717) is 95.7 Å². The third-order valence-corrected chi connectivity index (χ3v) is 17.5. The Morgan fingerprint density at radius 1 is 0.464 bits per heavy atom. The molecule has 0 radical (unpaired) electrons. The SMILES string of the molecule is C.Cc1cc(OCCN(C)C)c2oc3cc(Oc4ccc(OCc5ccc(C)nc5)nc4)ccc3c(=O)c2c1.Cc1ccc(CO)cn1.Cc1ccc(COc2ccc(B3OC(C)(C)C(C)(C)O3)cn2)cn1.Cc1ccc(COc2ccc(Br)cn2)cn1.Cc1ccc(COc2ccc(O)cn2)cn1.Fc1ccc(Br)cn1. The standard InChI is InChI=1S/C30H29N3O5.C18H23BN2O3.C12H11BrN2O.C12H12N2O2.C7H9NO.C5H3BrFN.CH4/c1-19-13-25-29(34)24-9-7-22(15-26(24)38-30(25)27(14-19)35-12-11-33(3)4)37-23-8-10-28(32-17-23)36-18-21-6-5-20(2)31-16-21;1-13-6-7-14(10-20-13)12-22-16-9-8-15(11-21-16)19-23-17(2,3)18(4,5)24-19;1-9-2-3-10(6-14-9)8-16-12-5-4-11(13)7-15-12;1-9-2-3-10(6-13-9)8-16-12-5-4-11(15)7-14-12;1-6-2-3-7(5-9)4-8-6;6-4-1-2-5(7)8-3-4;/h5-10,13-17H,11-12,18H2,1-4H3;6-11H,12H2,1-5H3;2-7H,8H2,1H3;2-7,15H,8H2,1H3;2-4,9H,5H2,1H3;1-3H;1H4. The van der Waals surface area contributed by atoms with E-state index < -0.39 is 13.1 Å². The van der Waals surface area contributed by atoms with Gasteiger partial charge in [0, 0.05) is 146 Å². The topological polar surface area (TPSA) is 277 Å². The summed E-state index contributed by atoms with van der Waals surface area (Å²) in [6.45, 7) is 22.8. The first-order valence-electron chi connectivity index (χ1n) is 35.2. The van der Waals surface area contributed by atoms with Crippen LogP contribution in [-0.2, 0) is 42.3 Å². The second-order valence-corrected chi connectivity index (χ2v) is 28.5. The fraction of sp³-hybridized carbons (Fsp3) is 0.259. The highest BCUT2D eigenvalue weighted by molar-refractivity contribution is 9.10. The normalized spacial score (nSPS) is 12.1. The first-order valence-corrected chi connectivity index (χ1v) is 36.8. The fourth-order valence-electron chi connectivity index (χ4n) is 9.62. The molecule has 0 unspecified atom stereocenters. The summed E-state index contributed by atoms with van der Waals surface area (Å²) in [5, 5.41) is 18.6. The first-order chi connectivity index (χ1) is 53.2. The fourth-order valence-corrected chi connectivity index (χ4v) is 10.1. The van der Waals surface area contributed by atoms with Crippen molar-refractivity contribution in [2.75, 3.05) is 27.2 Å². The second kappa shape index (κ2) is 42.3. The van der Waals surface area contributed by atoms with Crippen LogP contribution in [0.25, 0.3) is 21.9 Å². The van der Waals surface area contributed by atoms with Crippen molar-refractivity contribution >= 4 is 66.4 Å². The highest BCUT2D eigenvalue weighted by Crippen LogP contribution is 2.37. The van der Waals surface area contributed by atoms with E-state index in [9.17, 15) is 9.18 Å². The van der Waals surface area contributed by atoms with E-state index in [0.717, 1.165) is 82.8 Å². The van der Waals surface area contributed by atoms with Crippen molar-refractivity contribution in [2.45, 2.75) is 121 Å². The highest BCUT2D eigenvalue weighted by Gasteiger charge is 2.51. The molecule has 0 saturated carbocycles. The minimum Gasteiger partial charge on any atom is -0.506 e. The van der Waals surface area contributed by atoms with E-state index in [1.807, 2.05) is 198 Å².